The van der Waals surface area contributed by atoms with E-state index in [0.717, 1.165) is 6.42 Å². The minimum absolute atomic E-state index is 0.0347. The first-order chi connectivity index (χ1) is 12.6. The molecule has 26 heavy (non-hydrogen) atoms. The van der Waals surface area contributed by atoms with Crippen molar-refractivity contribution in [1.82, 2.24) is 14.8 Å². The third kappa shape index (κ3) is 4.10. The third-order valence-corrected chi connectivity index (χ3v) is 4.78. The molecule has 0 aliphatic carbocycles. The van der Waals surface area contributed by atoms with Gasteiger partial charge in [0.1, 0.15) is 5.69 Å². The molecule has 136 valence electrons. The van der Waals surface area contributed by atoms with Crippen LogP contribution in [0.25, 0.3) is 0 Å². The number of aromatic nitrogens is 1. The number of hydrogen-bond donors (Lipinski definition) is 0. The van der Waals surface area contributed by atoms with Gasteiger partial charge in [0.05, 0.1) is 0 Å². The van der Waals surface area contributed by atoms with Crippen molar-refractivity contribution in [1.29, 1.82) is 0 Å². The molecule has 1 fully saturated rings. The van der Waals surface area contributed by atoms with E-state index in [0.29, 0.717) is 43.4 Å². The normalized spacial score (nSPS) is 15.0. The summed E-state index contributed by atoms with van der Waals surface area (Å²) in [6, 6.07) is 13.2. The Balaban J connectivity index is 1.64. The Hall–Kier alpha value is -2.69. The van der Waals surface area contributed by atoms with Gasteiger partial charge in [-0.15, -0.1) is 0 Å². The summed E-state index contributed by atoms with van der Waals surface area (Å²) >= 11 is 0. The molecular formula is C21H25N3O2. The maximum atomic E-state index is 12.8. The Morgan fingerprint density at radius 1 is 0.885 bits per heavy atom. The maximum absolute atomic E-state index is 12.8. The van der Waals surface area contributed by atoms with Gasteiger partial charge in [0.15, 0.2) is 0 Å². The van der Waals surface area contributed by atoms with Crippen molar-refractivity contribution in [3.05, 3.63) is 65.5 Å². The molecule has 2 amide bonds. The fraction of sp³-hybridized carbons (Fsp3) is 0.381. The Labute approximate surface area is 154 Å². The van der Waals surface area contributed by atoms with Crippen LogP contribution in [0.1, 0.15) is 52.6 Å². The molecule has 0 atom stereocenters. The number of nitrogens with zero attached hydrogens (tertiary/aromatic N) is 3. The summed E-state index contributed by atoms with van der Waals surface area (Å²) < 4.78 is 0. The van der Waals surface area contributed by atoms with Crippen molar-refractivity contribution in [2.45, 2.75) is 26.2 Å². The fourth-order valence-corrected chi connectivity index (χ4v) is 3.17. The molecule has 1 aliphatic heterocycles. The van der Waals surface area contributed by atoms with Crippen LogP contribution >= 0.6 is 0 Å². The van der Waals surface area contributed by atoms with E-state index in [2.05, 4.69) is 18.8 Å². The molecule has 1 aromatic heterocycles. The molecule has 0 radical (unpaired) electrons. The second-order valence-electron chi connectivity index (χ2n) is 6.93. The van der Waals surface area contributed by atoms with Crippen LogP contribution in [0.4, 0.5) is 0 Å². The van der Waals surface area contributed by atoms with Gasteiger partial charge in [-0.25, -0.2) is 0 Å². The van der Waals surface area contributed by atoms with Crippen LogP contribution in [0.15, 0.2) is 48.7 Å². The smallest absolute Gasteiger partial charge is 0.272 e. The molecule has 0 bridgehead atoms. The van der Waals surface area contributed by atoms with Gasteiger partial charge in [-0.05, 0) is 42.2 Å². The van der Waals surface area contributed by atoms with E-state index in [4.69, 9.17) is 0 Å². The molecule has 0 saturated carbocycles. The van der Waals surface area contributed by atoms with Gasteiger partial charge in [0, 0.05) is 37.9 Å². The highest BCUT2D eigenvalue weighted by molar-refractivity contribution is 5.95. The molecule has 5 nitrogen and oxygen atoms in total. The molecule has 3 rings (SSSR count). The first-order valence-electron chi connectivity index (χ1n) is 9.16. The predicted molar refractivity (Wildman–Crippen MR) is 101 cm³/mol. The lowest BCUT2D eigenvalue weighted by Crippen LogP contribution is -2.37. The van der Waals surface area contributed by atoms with Gasteiger partial charge < -0.3 is 9.80 Å². The average Bonchev–Trinajstić information content (AvgIpc) is 2.94. The van der Waals surface area contributed by atoms with E-state index >= 15 is 0 Å². The number of rotatable bonds is 3. The number of benzene rings is 1. The highest BCUT2D eigenvalue weighted by Gasteiger charge is 2.24. The van der Waals surface area contributed by atoms with Crippen LogP contribution in [0.2, 0.25) is 0 Å². The Kier molecular flexibility index (Phi) is 5.66. The van der Waals surface area contributed by atoms with Gasteiger partial charge in [-0.2, -0.15) is 0 Å². The van der Waals surface area contributed by atoms with Crippen molar-refractivity contribution in [2.75, 3.05) is 26.2 Å². The van der Waals surface area contributed by atoms with Gasteiger partial charge in [0.2, 0.25) is 0 Å². The van der Waals surface area contributed by atoms with E-state index in [1.165, 1.54) is 5.56 Å². The lowest BCUT2D eigenvalue weighted by Gasteiger charge is -2.22. The summed E-state index contributed by atoms with van der Waals surface area (Å²) in [5.41, 5.74) is 2.39. The van der Waals surface area contributed by atoms with Crippen LogP contribution in [0.3, 0.4) is 0 Å². The molecule has 1 saturated heterocycles. The number of hydrogen-bond acceptors (Lipinski definition) is 3. The lowest BCUT2D eigenvalue weighted by atomic mass is 10.0. The molecule has 5 heteroatoms. The molecule has 1 aliphatic rings. The summed E-state index contributed by atoms with van der Waals surface area (Å²) in [6.45, 7) is 6.66. The van der Waals surface area contributed by atoms with E-state index in [1.807, 2.05) is 35.2 Å². The van der Waals surface area contributed by atoms with Crippen molar-refractivity contribution in [3.8, 4) is 0 Å². The Bertz CT molecular complexity index is 757. The number of pyridine rings is 1. The van der Waals surface area contributed by atoms with Crippen molar-refractivity contribution < 1.29 is 9.59 Å². The molecule has 0 N–H and O–H groups in total. The van der Waals surface area contributed by atoms with Crippen LogP contribution in [-0.4, -0.2) is 52.8 Å². The summed E-state index contributed by atoms with van der Waals surface area (Å²) in [5.74, 6) is 0.414. The second kappa shape index (κ2) is 8.13. The van der Waals surface area contributed by atoms with Crippen molar-refractivity contribution in [3.63, 3.8) is 0 Å². The summed E-state index contributed by atoms with van der Waals surface area (Å²) in [5, 5.41) is 0. The predicted octanol–water partition coefficient (Wildman–Crippen LogP) is 3.19. The Morgan fingerprint density at radius 3 is 2.12 bits per heavy atom. The quantitative estimate of drug-likeness (QED) is 0.853. The van der Waals surface area contributed by atoms with Crippen LogP contribution in [0.5, 0.6) is 0 Å². The number of carbonyl (C=O) groups is 2. The molecule has 0 unspecified atom stereocenters. The second-order valence-corrected chi connectivity index (χ2v) is 6.93. The van der Waals surface area contributed by atoms with Gasteiger partial charge in [-0.3, -0.25) is 14.6 Å². The van der Waals surface area contributed by atoms with Gasteiger partial charge in [0.25, 0.3) is 11.8 Å². The van der Waals surface area contributed by atoms with Crippen molar-refractivity contribution in [2.24, 2.45) is 0 Å². The molecule has 1 aromatic carbocycles. The first kappa shape index (κ1) is 18.1. The zero-order chi connectivity index (χ0) is 18.5. The lowest BCUT2D eigenvalue weighted by molar-refractivity contribution is 0.0715. The summed E-state index contributed by atoms with van der Waals surface area (Å²) in [4.78, 5) is 33.1. The van der Waals surface area contributed by atoms with E-state index < -0.39 is 0 Å². The molecule has 0 spiro atoms. The first-order valence-corrected chi connectivity index (χ1v) is 9.16. The van der Waals surface area contributed by atoms with E-state index in [-0.39, 0.29) is 11.8 Å². The highest BCUT2D eigenvalue weighted by Crippen LogP contribution is 2.17. The zero-order valence-corrected chi connectivity index (χ0v) is 15.4. The van der Waals surface area contributed by atoms with Crippen molar-refractivity contribution >= 4 is 11.8 Å². The highest BCUT2D eigenvalue weighted by atomic mass is 16.2. The standard InChI is InChI=1S/C21H25N3O2/c1-16(2)17-7-9-18(10-8-17)20(25)23-12-5-13-24(15-14-23)21(26)19-6-3-4-11-22-19/h3-4,6-11,16H,5,12-15H2,1-2H3. The minimum atomic E-state index is -0.0683. The van der Waals surface area contributed by atoms with Crippen LogP contribution in [-0.2, 0) is 0 Å². The topological polar surface area (TPSA) is 53.5 Å². The maximum Gasteiger partial charge on any atom is 0.272 e. The van der Waals surface area contributed by atoms with E-state index in [9.17, 15) is 9.59 Å². The zero-order valence-electron chi connectivity index (χ0n) is 15.4. The third-order valence-electron chi connectivity index (χ3n) is 4.78. The largest absolute Gasteiger partial charge is 0.337 e. The van der Waals surface area contributed by atoms with Gasteiger partial charge in [-0.1, -0.05) is 32.0 Å². The summed E-state index contributed by atoms with van der Waals surface area (Å²) in [7, 11) is 0. The van der Waals surface area contributed by atoms with E-state index in [1.54, 1.807) is 23.2 Å². The monoisotopic (exact) mass is 351 g/mol. The fourth-order valence-electron chi connectivity index (χ4n) is 3.17. The SMILES string of the molecule is CC(C)c1ccc(C(=O)N2CCCN(C(=O)c3ccccn3)CC2)cc1. The summed E-state index contributed by atoms with van der Waals surface area (Å²) in [6.07, 6.45) is 2.40. The molecule has 2 heterocycles. The van der Waals surface area contributed by atoms with Crippen LogP contribution < -0.4 is 0 Å². The molecular weight excluding hydrogens is 326 g/mol. The average molecular weight is 351 g/mol. The number of amides is 2. The molecule has 2 aromatic rings. The minimum Gasteiger partial charge on any atom is -0.337 e. The Morgan fingerprint density at radius 2 is 1.54 bits per heavy atom. The van der Waals surface area contributed by atoms with Crippen LogP contribution in [0, 0.1) is 0 Å². The number of carbonyl (C=O) groups excluding carboxylic acids is 2. The van der Waals surface area contributed by atoms with Gasteiger partial charge >= 0.3 is 0 Å².